The zero-order chi connectivity index (χ0) is 13.1. The van der Waals surface area contributed by atoms with Gasteiger partial charge in [0.1, 0.15) is 5.75 Å². The number of aryl methyl sites for hydroxylation is 2. The summed E-state index contributed by atoms with van der Waals surface area (Å²) in [5.74, 6) is 1.05. The van der Waals surface area contributed by atoms with Crippen molar-refractivity contribution < 1.29 is 4.74 Å². The maximum Gasteiger partial charge on any atom is 0.125 e. The smallest absolute Gasteiger partial charge is 0.125 e. The molecule has 0 spiro atoms. The Morgan fingerprint density at radius 3 is 2.29 bits per heavy atom. The van der Waals surface area contributed by atoms with Gasteiger partial charge in [0.2, 0.25) is 0 Å². The van der Waals surface area contributed by atoms with Gasteiger partial charge in [0.25, 0.3) is 0 Å². The molecule has 0 aliphatic heterocycles. The Morgan fingerprint density at radius 1 is 1.18 bits per heavy atom. The monoisotopic (exact) mass is 234 g/mol. The average molecular weight is 234 g/mol. The summed E-state index contributed by atoms with van der Waals surface area (Å²) in [7, 11) is 1.77. The van der Waals surface area contributed by atoms with Crippen LogP contribution in [0, 0.1) is 6.92 Å². The number of hydrogen-bond donors (Lipinski definition) is 0. The van der Waals surface area contributed by atoms with Crippen LogP contribution in [-0.4, -0.2) is 7.11 Å². The molecule has 0 heterocycles. The molecular formula is C16H26O. The van der Waals surface area contributed by atoms with E-state index in [1.807, 2.05) is 0 Å². The SMILES string of the molecule is CCCCc1cc(C)c(OC)c(C(C)(C)C)c1. The van der Waals surface area contributed by atoms with Crippen molar-refractivity contribution in [2.24, 2.45) is 0 Å². The predicted octanol–water partition coefficient (Wildman–Crippen LogP) is 4.64. The number of hydrogen-bond acceptors (Lipinski definition) is 1. The Bertz CT molecular complexity index is 372. The van der Waals surface area contributed by atoms with Crippen LogP contribution in [0.1, 0.15) is 57.2 Å². The maximum absolute atomic E-state index is 5.56. The van der Waals surface area contributed by atoms with Crippen molar-refractivity contribution in [1.29, 1.82) is 0 Å². The first-order valence-electron chi connectivity index (χ1n) is 6.58. The Balaban J connectivity index is 3.19. The second-order valence-corrected chi connectivity index (χ2v) is 5.85. The van der Waals surface area contributed by atoms with E-state index < -0.39 is 0 Å². The van der Waals surface area contributed by atoms with Crippen molar-refractivity contribution in [1.82, 2.24) is 0 Å². The topological polar surface area (TPSA) is 9.23 Å². The van der Waals surface area contributed by atoms with Gasteiger partial charge in [0.15, 0.2) is 0 Å². The Morgan fingerprint density at radius 2 is 1.82 bits per heavy atom. The van der Waals surface area contributed by atoms with Crippen LogP contribution in [0.5, 0.6) is 5.75 Å². The molecule has 1 rings (SSSR count). The molecule has 0 atom stereocenters. The fourth-order valence-corrected chi connectivity index (χ4v) is 2.20. The van der Waals surface area contributed by atoms with Crippen molar-refractivity contribution >= 4 is 0 Å². The first-order valence-corrected chi connectivity index (χ1v) is 6.58. The molecule has 0 saturated carbocycles. The molecule has 0 saturated heterocycles. The third-order valence-corrected chi connectivity index (χ3v) is 3.17. The highest BCUT2D eigenvalue weighted by Gasteiger charge is 2.20. The number of methoxy groups -OCH3 is 1. The first-order chi connectivity index (χ1) is 7.90. The van der Waals surface area contributed by atoms with Gasteiger partial charge < -0.3 is 4.74 Å². The number of benzene rings is 1. The van der Waals surface area contributed by atoms with E-state index in [0.717, 1.165) is 5.75 Å². The van der Waals surface area contributed by atoms with Crippen LogP contribution in [0.15, 0.2) is 12.1 Å². The molecule has 0 aliphatic carbocycles. The summed E-state index contributed by atoms with van der Waals surface area (Å²) in [5, 5.41) is 0. The number of unbranched alkanes of at least 4 members (excludes halogenated alkanes) is 1. The second kappa shape index (κ2) is 5.57. The minimum atomic E-state index is 0.137. The van der Waals surface area contributed by atoms with E-state index in [9.17, 15) is 0 Å². The van der Waals surface area contributed by atoms with Gasteiger partial charge in [0, 0.05) is 5.56 Å². The van der Waals surface area contributed by atoms with E-state index >= 15 is 0 Å². The molecule has 0 aromatic heterocycles. The molecular weight excluding hydrogens is 208 g/mol. The van der Waals surface area contributed by atoms with Crippen LogP contribution in [-0.2, 0) is 11.8 Å². The molecule has 1 heteroatoms. The predicted molar refractivity (Wildman–Crippen MR) is 75.0 cm³/mol. The summed E-state index contributed by atoms with van der Waals surface area (Å²) in [4.78, 5) is 0. The molecule has 0 unspecified atom stereocenters. The molecule has 0 bridgehead atoms. The fourth-order valence-electron chi connectivity index (χ4n) is 2.20. The van der Waals surface area contributed by atoms with E-state index in [4.69, 9.17) is 4.74 Å². The van der Waals surface area contributed by atoms with E-state index in [0.29, 0.717) is 0 Å². The minimum absolute atomic E-state index is 0.137. The second-order valence-electron chi connectivity index (χ2n) is 5.85. The van der Waals surface area contributed by atoms with Crippen LogP contribution in [0.3, 0.4) is 0 Å². The first kappa shape index (κ1) is 14.1. The molecule has 0 N–H and O–H groups in total. The largest absolute Gasteiger partial charge is 0.496 e. The molecule has 96 valence electrons. The van der Waals surface area contributed by atoms with Gasteiger partial charge in [0.05, 0.1) is 7.11 Å². The normalized spacial score (nSPS) is 11.6. The van der Waals surface area contributed by atoms with Gasteiger partial charge in [-0.05, 0) is 36.3 Å². The van der Waals surface area contributed by atoms with Gasteiger partial charge in [-0.15, -0.1) is 0 Å². The minimum Gasteiger partial charge on any atom is -0.496 e. The van der Waals surface area contributed by atoms with E-state index in [1.54, 1.807) is 7.11 Å². The zero-order valence-electron chi connectivity index (χ0n) is 12.2. The summed E-state index contributed by atoms with van der Waals surface area (Å²) < 4.78 is 5.56. The van der Waals surface area contributed by atoms with Crippen LogP contribution in [0.25, 0.3) is 0 Å². The Hall–Kier alpha value is -0.980. The summed E-state index contributed by atoms with van der Waals surface area (Å²) in [6.45, 7) is 11.1. The lowest BCUT2D eigenvalue weighted by atomic mass is 9.83. The Kier molecular flexibility index (Phi) is 4.62. The van der Waals surface area contributed by atoms with Gasteiger partial charge >= 0.3 is 0 Å². The van der Waals surface area contributed by atoms with Gasteiger partial charge in [-0.1, -0.05) is 46.2 Å². The molecule has 0 amide bonds. The lowest BCUT2D eigenvalue weighted by molar-refractivity contribution is 0.394. The van der Waals surface area contributed by atoms with Crippen LogP contribution >= 0.6 is 0 Å². The third kappa shape index (κ3) is 3.49. The van der Waals surface area contributed by atoms with E-state index in [-0.39, 0.29) is 5.41 Å². The van der Waals surface area contributed by atoms with Gasteiger partial charge in [-0.2, -0.15) is 0 Å². The summed E-state index contributed by atoms with van der Waals surface area (Å²) in [6.07, 6.45) is 3.68. The highest BCUT2D eigenvalue weighted by Crippen LogP contribution is 2.35. The highest BCUT2D eigenvalue weighted by atomic mass is 16.5. The maximum atomic E-state index is 5.56. The van der Waals surface area contributed by atoms with Crippen molar-refractivity contribution in [2.45, 2.75) is 59.3 Å². The lowest BCUT2D eigenvalue weighted by Gasteiger charge is -2.24. The highest BCUT2D eigenvalue weighted by molar-refractivity contribution is 5.47. The summed E-state index contributed by atoms with van der Waals surface area (Å²) >= 11 is 0. The molecule has 0 radical (unpaired) electrons. The summed E-state index contributed by atoms with van der Waals surface area (Å²) in [6, 6.07) is 4.59. The number of ether oxygens (including phenoxy) is 1. The molecule has 17 heavy (non-hydrogen) atoms. The Labute approximate surface area is 106 Å². The van der Waals surface area contributed by atoms with Crippen LogP contribution in [0.2, 0.25) is 0 Å². The quantitative estimate of drug-likeness (QED) is 0.737. The standard InChI is InChI=1S/C16H26O/c1-7-8-9-13-10-12(2)15(17-6)14(11-13)16(3,4)5/h10-11H,7-9H2,1-6H3. The fraction of sp³-hybridized carbons (Fsp3) is 0.625. The molecule has 0 fully saturated rings. The van der Waals surface area contributed by atoms with Crippen molar-refractivity contribution in [3.05, 3.63) is 28.8 Å². The summed E-state index contributed by atoms with van der Waals surface area (Å²) in [5.41, 5.74) is 4.16. The van der Waals surface area contributed by atoms with Crippen LogP contribution in [0.4, 0.5) is 0 Å². The molecule has 0 aliphatic rings. The molecule has 1 aromatic rings. The van der Waals surface area contributed by atoms with Gasteiger partial charge in [-0.3, -0.25) is 0 Å². The average Bonchev–Trinajstić information content (AvgIpc) is 2.24. The molecule has 1 aromatic carbocycles. The lowest BCUT2D eigenvalue weighted by Crippen LogP contribution is -2.14. The van der Waals surface area contributed by atoms with Crippen molar-refractivity contribution in [2.75, 3.05) is 7.11 Å². The van der Waals surface area contributed by atoms with E-state index in [1.165, 1.54) is 36.0 Å². The zero-order valence-corrected chi connectivity index (χ0v) is 12.2. The number of rotatable bonds is 4. The van der Waals surface area contributed by atoms with Crippen molar-refractivity contribution in [3.8, 4) is 5.75 Å². The third-order valence-electron chi connectivity index (χ3n) is 3.17. The van der Waals surface area contributed by atoms with Crippen LogP contribution < -0.4 is 4.74 Å². The van der Waals surface area contributed by atoms with E-state index in [2.05, 4.69) is 46.8 Å². The van der Waals surface area contributed by atoms with Gasteiger partial charge in [-0.25, -0.2) is 0 Å². The molecule has 1 nitrogen and oxygen atoms in total. The van der Waals surface area contributed by atoms with Crippen molar-refractivity contribution in [3.63, 3.8) is 0 Å².